The van der Waals surface area contributed by atoms with Crippen LogP contribution >= 0.6 is 24.0 Å². The van der Waals surface area contributed by atoms with Crippen molar-refractivity contribution in [2.45, 2.75) is 19.9 Å². The Morgan fingerprint density at radius 2 is 2.04 bits per heavy atom. The molecule has 0 saturated carbocycles. The van der Waals surface area contributed by atoms with E-state index < -0.39 is 0 Å². The van der Waals surface area contributed by atoms with E-state index in [0.717, 1.165) is 41.8 Å². The molecule has 0 spiro atoms. The number of hydrogen-bond donors (Lipinski definition) is 2. The molecule has 0 atom stereocenters. The van der Waals surface area contributed by atoms with Crippen molar-refractivity contribution in [2.24, 2.45) is 4.99 Å². The number of aliphatic imine (C=N–C) groups is 1. The summed E-state index contributed by atoms with van der Waals surface area (Å²) in [5, 5.41) is 6.60. The van der Waals surface area contributed by atoms with Crippen LogP contribution in [0, 0.1) is 0 Å². The number of anilines is 1. The summed E-state index contributed by atoms with van der Waals surface area (Å²) in [4.78, 5) is 11.2. The molecule has 0 fully saturated rings. The highest BCUT2D eigenvalue weighted by molar-refractivity contribution is 14.0. The van der Waals surface area contributed by atoms with Gasteiger partial charge < -0.3 is 20.0 Å². The lowest BCUT2D eigenvalue weighted by atomic mass is 10.3. The molecular formula is C19H28IN5O. The molecule has 6 nitrogen and oxygen atoms in total. The van der Waals surface area contributed by atoms with Gasteiger partial charge in [0.25, 0.3) is 0 Å². The largest absolute Gasteiger partial charge is 0.469 e. The average molecular weight is 469 g/mol. The third-order valence-corrected chi connectivity index (χ3v) is 3.45. The van der Waals surface area contributed by atoms with E-state index >= 15 is 0 Å². The minimum atomic E-state index is 0. The van der Waals surface area contributed by atoms with Gasteiger partial charge in [-0.2, -0.15) is 0 Å². The minimum Gasteiger partial charge on any atom is -0.469 e. The normalized spacial score (nSPS) is 10.8. The van der Waals surface area contributed by atoms with Gasteiger partial charge in [-0.25, -0.2) is 9.98 Å². The Bertz CT molecular complexity index is 698. The lowest BCUT2D eigenvalue weighted by Crippen LogP contribution is -2.39. The second-order valence-electron chi connectivity index (χ2n) is 6.11. The third-order valence-electron chi connectivity index (χ3n) is 3.45. The van der Waals surface area contributed by atoms with E-state index in [1.807, 2.05) is 56.3 Å². The molecule has 2 heterocycles. The molecule has 0 aliphatic rings. The fourth-order valence-corrected chi connectivity index (χ4v) is 2.13. The maximum absolute atomic E-state index is 5.35. The van der Waals surface area contributed by atoms with Crippen molar-refractivity contribution in [3.8, 4) is 0 Å². The van der Waals surface area contributed by atoms with Gasteiger partial charge in [0.1, 0.15) is 11.6 Å². The second-order valence-corrected chi connectivity index (χ2v) is 6.11. The van der Waals surface area contributed by atoms with Gasteiger partial charge in [-0.1, -0.05) is 18.2 Å². The molecule has 2 rings (SSSR count). The van der Waals surface area contributed by atoms with Gasteiger partial charge >= 0.3 is 0 Å². The Labute approximate surface area is 172 Å². The van der Waals surface area contributed by atoms with Gasteiger partial charge in [0.2, 0.25) is 0 Å². The Balaban J connectivity index is 0.00000338. The standard InChI is InChI=1S/C19H27N5O.HI/c1-15(2)13-21-19(20-11-10-17-8-6-12-25-17)22-14-16-7-5-9-18(23-16)24(3)4;/h5-9,12H,1,10-11,13-14H2,2-4H3,(H2,20,21,22);1H. The first-order valence-corrected chi connectivity index (χ1v) is 8.37. The zero-order chi connectivity index (χ0) is 18.1. The van der Waals surface area contributed by atoms with Crippen molar-refractivity contribution < 1.29 is 4.42 Å². The summed E-state index contributed by atoms with van der Waals surface area (Å²) in [6, 6.07) is 9.83. The zero-order valence-corrected chi connectivity index (χ0v) is 18.0. The van der Waals surface area contributed by atoms with Crippen molar-refractivity contribution in [3.05, 3.63) is 60.2 Å². The molecule has 26 heavy (non-hydrogen) atoms. The number of nitrogens with one attached hydrogen (secondary N) is 2. The maximum atomic E-state index is 5.35. The van der Waals surface area contributed by atoms with Crippen LogP contribution in [0.5, 0.6) is 0 Å². The van der Waals surface area contributed by atoms with E-state index in [1.54, 1.807) is 6.26 Å². The van der Waals surface area contributed by atoms with Crippen molar-refractivity contribution >= 4 is 35.8 Å². The monoisotopic (exact) mass is 469 g/mol. The van der Waals surface area contributed by atoms with E-state index in [2.05, 4.69) is 27.2 Å². The van der Waals surface area contributed by atoms with Gasteiger partial charge in [-0.15, -0.1) is 24.0 Å². The Morgan fingerprint density at radius 3 is 2.69 bits per heavy atom. The summed E-state index contributed by atoms with van der Waals surface area (Å²) < 4.78 is 5.35. The average Bonchev–Trinajstić information content (AvgIpc) is 3.10. The summed E-state index contributed by atoms with van der Waals surface area (Å²) in [6.45, 7) is 7.82. The zero-order valence-electron chi connectivity index (χ0n) is 15.7. The van der Waals surface area contributed by atoms with Crippen LogP contribution < -0.4 is 15.5 Å². The van der Waals surface area contributed by atoms with Crippen LogP contribution in [0.1, 0.15) is 18.4 Å². The summed E-state index contributed by atoms with van der Waals surface area (Å²) in [6.07, 6.45) is 2.49. The Kier molecular flexibility index (Phi) is 9.79. The van der Waals surface area contributed by atoms with Crippen LogP contribution in [0.4, 0.5) is 5.82 Å². The molecule has 0 aliphatic carbocycles. The number of guanidine groups is 1. The van der Waals surface area contributed by atoms with Crippen LogP contribution in [0.25, 0.3) is 0 Å². The molecule has 0 unspecified atom stereocenters. The van der Waals surface area contributed by atoms with Crippen LogP contribution in [0.2, 0.25) is 0 Å². The number of rotatable bonds is 8. The van der Waals surface area contributed by atoms with Gasteiger partial charge in [-0.3, -0.25) is 0 Å². The molecule has 2 N–H and O–H groups in total. The third kappa shape index (κ3) is 7.90. The molecule has 0 aliphatic heterocycles. The summed E-state index contributed by atoms with van der Waals surface area (Å²) in [5.74, 6) is 2.62. The first-order valence-electron chi connectivity index (χ1n) is 8.37. The Morgan fingerprint density at radius 1 is 1.23 bits per heavy atom. The lowest BCUT2D eigenvalue weighted by Gasteiger charge is -2.13. The van der Waals surface area contributed by atoms with Gasteiger partial charge in [0.05, 0.1) is 18.5 Å². The molecule has 0 aromatic carbocycles. The molecule has 142 valence electrons. The lowest BCUT2D eigenvalue weighted by molar-refractivity contribution is 0.507. The summed E-state index contributed by atoms with van der Waals surface area (Å²) in [5.41, 5.74) is 1.97. The minimum absolute atomic E-state index is 0. The van der Waals surface area contributed by atoms with E-state index in [0.29, 0.717) is 13.1 Å². The molecule has 2 aromatic rings. The first kappa shape index (κ1) is 22.0. The number of halogens is 1. The van der Waals surface area contributed by atoms with Crippen LogP contribution in [-0.4, -0.2) is 38.1 Å². The highest BCUT2D eigenvalue weighted by Gasteiger charge is 2.03. The van der Waals surface area contributed by atoms with Crippen LogP contribution in [0.3, 0.4) is 0 Å². The maximum Gasteiger partial charge on any atom is 0.191 e. The van der Waals surface area contributed by atoms with Crippen molar-refractivity contribution in [2.75, 3.05) is 32.1 Å². The second kappa shape index (κ2) is 11.6. The highest BCUT2D eigenvalue weighted by atomic mass is 127. The SMILES string of the molecule is C=C(C)CNC(=NCc1cccc(N(C)C)n1)NCCc1ccco1.I. The van der Waals surface area contributed by atoms with Crippen molar-refractivity contribution in [1.29, 1.82) is 0 Å². The molecule has 0 saturated heterocycles. The predicted octanol–water partition coefficient (Wildman–Crippen LogP) is 3.21. The van der Waals surface area contributed by atoms with E-state index in [1.165, 1.54) is 0 Å². The number of nitrogens with zero attached hydrogens (tertiary/aromatic N) is 3. The molecule has 0 bridgehead atoms. The molecule has 7 heteroatoms. The van der Waals surface area contributed by atoms with Crippen molar-refractivity contribution in [1.82, 2.24) is 15.6 Å². The summed E-state index contributed by atoms with van der Waals surface area (Å²) in [7, 11) is 3.96. The van der Waals surface area contributed by atoms with E-state index in [-0.39, 0.29) is 24.0 Å². The van der Waals surface area contributed by atoms with E-state index in [9.17, 15) is 0 Å². The molecule has 0 amide bonds. The smallest absolute Gasteiger partial charge is 0.191 e. The van der Waals surface area contributed by atoms with Gasteiger partial charge in [0, 0.05) is 33.6 Å². The number of pyridine rings is 1. The first-order chi connectivity index (χ1) is 12.0. The number of furan rings is 1. The fraction of sp³-hybridized carbons (Fsp3) is 0.368. The number of aromatic nitrogens is 1. The molecule has 0 radical (unpaired) electrons. The van der Waals surface area contributed by atoms with Crippen LogP contribution in [-0.2, 0) is 13.0 Å². The van der Waals surface area contributed by atoms with Gasteiger partial charge in [0.15, 0.2) is 5.96 Å². The highest BCUT2D eigenvalue weighted by Crippen LogP contribution is 2.08. The predicted molar refractivity (Wildman–Crippen MR) is 118 cm³/mol. The molecule has 2 aromatic heterocycles. The number of hydrogen-bond acceptors (Lipinski definition) is 4. The van der Waals surface area contributed by atoms with Gasteiger partial charge in [-0.05, 0) is 31.2 Å². The topological polar surface area (TPSA) is 65.7 Å². The van der Waals surface area contributed by atoms with Crippen molar-refractivity contribution in [3.63, 3.8) is 0 Å². The summed E-state index contributed by atoms with van der Waals surface area (Å²) >= 11 is 0. The molecular weight excluding hydrogens is 441 g/mol. The quantitative estimate of drug-likeness (QED) is 0.269. The fourth-order valence-electron chi connectivity index (χ4n) is 2.13. The Hall–Kier alpha value is -2.03. The van der Waals surface area contributed by atoms with Crippen LogP contribution in [0.15, 0.2) is 58.2 Å². The van der Waals surface area contributed by atoms with E-state index in [4.69, 9.17) is 4.42 Å².